The molecule has 4 heterocycles. The lowest BCUT2D eigenvalue weighted by Crippen LogP contribution is -2.23. The summed E-state index contributed by atoms with van der Waals surface area (Å²) in [5.41, 5.74) is -1.04. The maximum Gasteiger partial charge on any atom is 0.257 e. The Morgan fingerprint density at radius 1 is 0.889 bits per heavy atom. The van der Waals surface area contributed by atoms with E-state index in [4.69, 9.17) is 0 Å². The number of aromatic amines is 2. The number of pyridine rings is 4. The van der Waals surface area contributed by atoms with Crippen LogP contribution in [0.5, 0.6) is 11.5 Å². The number of allylic oxidation sites excluding steroid dienone is 1. The van der Waals surface area contributed by atoms with Gasteiger partial charge in [-0.25, -0.2) is 9.97 Å². The van der Waals surface area contributed by atoms with Gasteiger partial charge in [0.05, 0.1) is 21.9 Å². The lowest BCUT2D eigenvalue weighted by atomic mass is 9.90. The van der Waals surface area contributed by atoms with Crippen LogP contribution in [-0.4, -0.2) is 30.1 Å². The summed E-state index contributed by atoms with van der Waals surface area (Å²) in [5, 5.41) is 22.0. The molecule has 0 aliphatic heterocycles. The largest absolute Gasteiger partial charge is 0.507 e. The lowest BCUT2D eigenvalue weighted by molar-refractivity contribution is 0.463. The van der Waals surface area contributed by atoms with Crippen molar-refractivity contribution < 1.29 is 10.2 Å². The zero-order valence-electron chi connectivity index (χ0n) is 13.9. The zero-order chi connectivity index (χ0) is 19.1. The summed E-state index contributed by atoms with van der Waals surface area (Å²) in [6.07, 6.45) is 4.28. The van der Waals surface area contributed by atoms with Crippen molar-refractivity contribution in [2.75, 3.05) is 0 Å². The minimum Gasteiger partial charge on any atom is -0.507 e. The molecule has 0 fully saturated rings. The van der Waals surface area contributed by atoms with Crippen LogP contribution in [0.15, 0.2) is 58.9 Å². The fourth-order valence-corrected chi connectivity index (χ4v) is 3.20. The summed E-state index contributed by atoms with van der Waals surface area (Å²) >= 11 is 0. The molecule has 0 spiro atoms. The minimum absolute atomic E-state index is 0.102. The van der Waals surface area contributed by atoms with Gasteiger partial charge in [0.2, 0.25) is 0 Å². The van der Waals surface area contributed by atoms with Crippen molar-refractivity contribution in [3.8, 4) is 11.5 Å². The van der Waals surface area contributed by atoms with Gasteiger partial charge >= 0.3 is 0 Å². The van der Waals surface area contributed by atoms with Crippen LogP contribution in [0.4, 0.5) is 0 Å². The number of nitrogens with zero attached hydrogens (tertiary/aromatic N) is 2. The molecule has 0 atom stereocenters. The standard InChI is InChI=1S/C19H14N4O4/c1-2-9(12-14(24)10-5-3-7-20-16(10)22-18(12)26)13-15(25)11-6-4-8-21-17(11)23-19(13)27/h2-9H,1H2,(H2,20,22,24,26)(H2,21,23,25,27). The van der Waals surface area contributed by atoms with Crippen LogP contribution in [0.25, 0.3) is 22.1 Å². The first-order valence-corrected chi connectivity index (χ1v) is 8.05. The SMILES string of the molecule is C=CC(c1c(O)c2cccnc2[nH]c1=O)c1c(O)c2cccnc2[nH]c1=O. The highest BCUT2D eigenvalue weighted by Crippen LogP contribution is 2.37. The Labute approximate surface area is 151 Å². The van der Waals surface area contributed by atoms with Gasteiger partial charge in [-0.05, 0) is 24.3 Å². The Hall–Kier alpha value is -3.94. The van der Waals surface area contributed by atoms with E-state index < -0.39 is 17.0 Å². The number of nitrogens with one attached hydrogen (secondary N) is 2. The third kappa shape index (κ3) is 2.46. The van der Waals surface area contributed by atoms with Crippen LogP contribution >= 0.6 is 0 Å². The molecule has 8 nitrogen and oxygen atoms in total. The number of aromatic nitrogens is 4. The number of aromatic hydroxyl groups is 2. The summed E-state index contributed by atoms with van der Waals surface area (Å²) in [6, 6.07) is 6.40. The molecule has 0 aliphatic carbocycles. The van der Waals surface area contributed by atoms with Crippen molar-refractivity contribution in [1.82, 2.24) is 19.9 Å². The smallest absolute Gasteiger partial charge is 0.257 e. The van der Waals surface area contributed by atoms with Gasteiger partial charge in [-0.1, -0.05) is 6.08 Å². The highest BCUT2D eigenvalue weighted by molar-refractivity contribution is 5.85. The molecule has 4 aromatic heterocycles. The van der Waals surface area contributed by atoms with Crippen LogP contribution in [0.1, 0.15) is 17.0 Å². The van der Waals surface area contributed by atoms with Crippen molar-refractivity contribution in [3.63, 3.8) is 0 Å². The summed E-state index contributed by atoms with van der Waals surface area (Å²) in [4.78, 5) is 38.4. The monoisotopic (exact) mass is 362 g/mol. The fraction of sp³-hybridized carbons (Fsp3) is 0.0526. The van der Waals surface area contributed by atoms with Crippen LogP contribution in [0.3, 0.4) is 0 Å². The predicted octanol–water partition coefficient (Wildman–Crippen LogP) is 1.89. The second kappa shape index (κ2) is 6.10. The van der Waals surface area contributed by atoms with E-state index >= 15 is 0 Å². The van der Waals surface area contributed by atoms with E-state index in [0.717, 1.165) is 0 Å². The Bertz CT molecular complexity index is 1220. The molecule has 4 rings (SSSR count). The second-order valence-electron chi connectivity index (χ2n) is 5.95. The van der Waals surface area contributed by atoms with Gasteiger partial charge < -0.3 is 20.2 Å². The van der Waals surface area contributed by atoms with Crippen LogP contribution in [0, 0.1) is 0 Å². The normalized spacial score (nSPS) is 11.3. The van der Waals surface area contributed by atoms with E-state index in [0.29, 0.717) is 10.8 Å². The molecule has 0 amide bonds. The van der Waals surface area contributed by atoms with Gasteiger partial charge in [-0.15, -0.1) is 6.58 Å². The molecule has 4 aromatic rings. The summed E-state index contributed by atoms with van der Waals surface area (Å²) < 4.78 is 0. The van der Waals surface area contributed by atoms with E-state index in [1.807, 2.05) is 0 Å². The average molecular weight is 362 g/mol. The minimum atomic E-state index is -1.05. The number of hydrogen-bond acceptors (Lipinski definition) is 6. The summed E-state index contributed by atoms with van der Waals surface area (Å²) in [5.74, 6) is -1.69. The molecule has 0 aliphatic rings. The highest BCUT2D eigenvalue weighted by Gasteiger charge is 2.27. The molecule has 4 N–H and O–H groups in total. The fourth-order valence-electron chi connectivity index (χ4n) is 3.20. The molecule has 0 radical (unpaired) electrons. The van der Waals surface area contributed by atoms with Gasteiger partial charge in [0.25, 0.3) is 11.1 Å². The lowest BCUT2D eigenvalue weighted by Gasteiger charge is -2.16. The average Bonchev–Trinajstić information content (AvgIpc) is 2.66. The van der Waals surface area contributed by atoms with Crippen molar-refractivity contribution in [1.29, 1.82) is 0 Å². The highest BCUT2D eigenvalue weighted by atomic mass is 16.3. The van der Waals surface area contributed by atoms with Gasteiger partial charge in [0.15, 0.2) is 0 Å². The van der Waals surface area contributed by atoms with Crippen molar-refractivity contribution >= 4 is 22.1 Å². The predicted molar refractivity (Wildman–Crippen MR) is 100 cm³/mol. The molecule has 0 bridgehead atoms. The van der Waals surface area contributed by atoms with E-state index in [-0.39, 0.29) is 33.9 Å². The summed E-state index contributed by atoms with van der Waals surface area (Å²) in [7, 11) is 0. The molecule has 0 saturated carbocycles. The van der Waals surface area contributed by atoms with Gasteiger partial charge in [-0.3, -0.25) is 9.59 Å². The second-order valence-corrected chi connectivity index (χ2v) is 5.95. The zero-order valence-corrected chi connectivity index (χ0v) is 13.9. The first-order chi connectivity index (χ1) is 13.0. The van der Waals surface area contributed by atoms with E-state index in [1.165, 1.54) is 18.5 Å². The molecular weight excluding hydrogens is 348 g/mol. The first-order valence-electron chi connectivity index (χ1n) is 8.05. The quantitative estimate of drug-likeness (QED) is 0.412. The van der Waals surface area contributed by atoms with Gasteiger partial charge in [0, 0.05) is 18.3 Å². The molecular formula is C19H14N4O4. The maximum absolute atomic E-state index is 12.6. The number of rotatable bonds is 3. The molecule has 0 aromatic carbocycles. The van der Waals surface area contributed by atoms with Crippen molar-refractivity contribution in [2.24, 2.45) is 0 Å². The Morgan fingerprint density at radius 3 is 1.74 bits per heavy atom. The van der Waals surface area contributed by atoms with Gasteiger partial charge in [-0.2, -0.15) is 0 Å². The third-order valence-corrected chi connectivity index (χ3v) is 4.45. The van der Waals surface area contributed by atoms with Crippen molar-refractivity contribution in [2.45, 2.75) is 5.92 Å². The molecule has 0 saturated heterocycles. The topological polar surface area (TPSA) is 132 Å². The Morgan fingerprint density at radius 2 is 1.33 bits per heavy atom. The number of H-pyrrole nitrogens is 2. The Balaban J connectivity index is 2.06. The number of fused-ring (bicyclic) bond motifs is 2. The van der Waals surface area contributed by atoms with E-state index in [2.05, 4.69) is 26.5 Å². The van der Waals surface area contributed by atoms with Crippen LogP contribution < -0.4 is 11.1 Å². The summed E-state index contributed by atoms with van der Waals surface area (Å²) in [6.45, 7) is 3.68. The maximum atomic E-state index is 12.6. The molecule has 27 heavy (non-hydrogen) atoms. The van der Waals surface area contributed by atoms with Crippen LogP contribution in [-0.2, 0) is 0 Å². The molecule has 0 unspecified atom stereocenters. The van der Waals surface area contributed by atoms with E-state index in [1.54, 1.807) is 24.3 Å². The third-order valence-electron chi connectivity index (χ3n) is 4.45. The van der Waals surface area contributed by atoms with E-state index in [9.17, 15) is 19.8 Å². The first kappa shape index (κ1) is 16.5. The number of hydrogen-bond donors (Lipinski definition) is 4. The molecule has 8 heteroatoms. The van der Waals surface area contributed by atoms with Crippen molar-refractivity contribution in [3.05, 3.63) is 81.1 Å². The molecule has 134 valence electrons. The van der Waals surface area contributed by atoms with Gasteiger partial charge in [0.1, 0.15) is 22.8 Å². The van der Waals surface area contributed by atoms with Crippen LogP contribution in [0.2, 0.25) is 0 Å². The Kier molecular flexibility index (Phi) is 3.73.